The molecule has 8 rings (SSSR count). The summed E-state index contributed by atoms with van der Waals surface area (Å²) < 4.78 is 2.50. The Kier molecular flexibility index (Phi) is 5.51. The molecule has 8 nitrogen and oxygen atoms in total. The van der Waals surface area contributed by atoms with Crippen molar-refractivity contribution < 1.29 is 14.7 Å². The van der Waals surface area contributed by atoms with Gasteiger partial charge in [-0.05, 0) is 52.2 Å². The van der Waals surface area contributed by atoms with Crippen molar-refractivity contribution in [3.05, 3.63) is 118 Å². The van der Waals surface area contributed by atoms with E-state index in [4.69, 9.17) is 4.98 Å². The van der Waals surface area contributed by atoms with Gasteiger partial charge in [-0.1, -0.05) is 66.7 Å². The van der Waals surface area contributed by atoms with Crippen molar-refractivity contribution in [1.29, 1.82) is 0 Å². The Morgan fingerprint density at radius 2 is 1.44 bits per heavy atom. The number of rotatable bonds is 4. The van der Waals surface area contributed by atoms with Gasteiger partial charge in [-0.25, -0.2) is 9.97 Å². The summed E-state index contributed by atoms with van der Waals surface area (Å²) in [7, 11) is 0. The van der Waals surface area contributed by atoms with Crippen LogP contribution in [-0.2, 0) is 5.54 Å². The van der Waals surface area contributed by atoms with Crippen LogP contribution in [0.4, 0.5) is 0 Å². The van der Waals surface area contributed by atoms with E-state index in [0.29, 0.717) is 22.4 Å². The fourth-order valence-corrected chi connectivity index (χ4v) is 7.14. The number of pyridine rings is 1. The molecular formula is C34H24BrN5O3. The van der Waals surface area contributed by atoms with Gasteiger partial charge in [0.2, 0.25) is 0 Å². The fourth-order valence-electron chi connectivity index (χ4n) is 6.78. The third-order valence-electron chi connectivity index (χ3n) is 8.61. The van der Waals surface area contributed by atoms with Crippen molar-refractivity contribution in [3.63, 3.8) is 0 Å². The molecule has 2 aliphatic rings. The summed E-state index contributed by atoms with van der Waals surface area (Å²) in [5.74, 6) is -0.656. The Balaban J connectivity index is 1.27. The van der Waals surface area contributed by atoms with Crippen LogP contribution in [0.5, 0.6) is 0 Å². The molecule has 0 saturated heterocycles. The Hall–Kier alpha value is -4.73. The number of aromatic nitrogens is 4. The average molecular weight is 631 g/mol. The molecule has 4 heterocycles. The standard InChI is InChI=1S/C34H24BrN5O3/c1-33(43)18-34(19-33,39-31(41)24-9-5-6-10-25(24)32(39)42)23-13-11-21(12-14-23)28-26(20-7-3-2-4-8-20)15-22-16-36-30-27(35)17-37-40(30)29(22)38-28/h2-17,43H,18-19H2,1H3/t33-,34-. The molecule has 0 spiro atoms. The summed E-state index contributed by atoms with van der Waals surface area (Å²) in [6.07, 6.45) is 4.02. The monoisotopic (exact) mass is 629 g/mol. The Labute approximate surface area is 254 Å². The highest BCUT2D eigenvalue weighted by Gasteiger charge is 2.60. The number of hydrogen-bond donors (Lipinski definition) is 1. The molecule has 2 amide bonds. The second-order valence-corrected chi connectivity index (χ2v) is 12.5. The lowest BCUT2D eigenvalue weighted by molar-refractivity contribution is -0.118. The van der Waals surface area contributed by atoms with Crippen LogP contribution in [0.15, 0.2) is 102 Å². The van der Waals surface area contributed by atoms with E-state index in [1.54, 1.807) is 48.1 Å². The number of halogens is 1. The maximum Gasteiger partial charge on any atom is 0.262 e. The largest absolute Gasteiger partial charge is 0.390 e. The minimum absolute atomic E-state index is 0.257. The van der Waals surface area contributed by atoms with Gasteiger partial charge in [0.05, 0.1) is 38.6 Å². The normalized spacial score (nSPS) is 21.4. The van der Waals surface area contributed by atoms with Crippen molar-refractivity contribution >= 4 is 44.4 Å². The Morgan fingerprint density at radius 3 is 2.09 bits per heavy atom. The Bertz CT molecular complexity index is 2080. The van der Waals surface area contributed by atoms with Crippen molar-refractivity contribution in [3.8, 4) is 22.4 Å². The number of aliphatic hydroxyl groups is 1. The third-order valence-corrected chi connectivity index (χ3v) is 9.17. The van der Waals surface area contributed by atoms with Gasteiger partial charge in [-0.2, -0.15) is 9.61 Å². The summed E-state index contributed by atoms with van der Waals surface area (Å²) in [4.78, 5) is 38.1. The summed E-state index contributed by atoms with van der Waals surface area (Å²) >= 11 is 3.52. The molecule has 3 aromatic carbocycles. The maximum absolute atomic E-state index is 13.6. The highest BCUT2D eigenvalue weighted by molar-refractivity contribution is 9.10. The van der Waals surface area contributed by atoms with Crippen molar-refractivity contribution in [2.45, 2.75) is 30.9 Å². The first-order chi connectivity index (χ1) is 20.8. The molecule has 3 aromatic heterocycles. The molecule has 1 fully saturated rings. The molecule has 210 valence electrons. The van der Waals surface area contributed by atoms with Crippen LogP contribution in [0.3, 0.4) is 0 Å². The van der Waals surface area contributed by atoms with Gasteiger partial charge in [-0.3, -0.25) is 14.5 Å². The van der Waals surface area contributed by atoms with Crippen LogP contribution in [0, 0.1) is 0 Å². The first kappa shape index (κ1) is 25.9. The number of fused-ring (bicyclic) bond motifs is 4. The quantitative estimate of drug-likeness (QED) is 0.226. The smallest absolute Gasteiger partial charge is 0.262 e. The third kappa shape index (κ3) is 3.81. The average Bonchev–Trinajstić information content (AvgIpc) is 3.52. The lowest BCUT2D eigenvalue weighted by Gasteiger charge is -2.55. The predicted octanol–water partition coefficient (Wildman–Crippen LogP) is 6.41. The molecule has 43 heavy (non-hydrogen) atoms. The molecule has 6 aromatic rings. The molecule has 0 bridgehead atoms. The van der Waals surface area contributed by atoms with E-state index in [0.717, 1.165) is 37.8 Å². The van der Waals surface area contributed by atoms with E-state index in [1.165, 1.54) is 4.90 Å². The van der Waals surface area contributed by atoms with Gasteiger partial charge >= 0.3 is 0 Å². The Morgan fingerprint density at radius 1 is 0.791 bits per heavy atom. The maximum atomic E-state index is 13.6. The molecule has 1 saturated carbocycles. The number of carbonyl (C=O) groups is 2. The van der Waals surface area contributed by atoms with Gasteiger partial charge in [0.1, 0.15) is 0 Å². The van der Waals surface area contributed by atoms with Crippen LogP contribution in [0.1, 0.15) is 46.0 Å². The highest BCUT2D eigenvalue weighted by atomic mass is 79.9. The van der Waals surface area contributed by atoms with Gasteiger partial charge < -0.3 is 5.11 Å². The topological polar surface area (TPSA) is 101 Å². The summed E-state index contributed by atoms with van der Waals surface area (Å²) in [5, 5.41) is 16.2. The van der Waals surface area contributed by atoms with E-state index < -0.39 is 11.1 Å². The van der Waals surface area contributed by atoms with Gasteiger partial charge in [0.15, 0.2) is 11.3 Å². The fraction of sp³-hybridized carbons (Fsp3) is 0.147. The number of nitrogens with zero attached hydrogens (tertiary/aromatic N) is 5. The predicted molar refractivity (Wildman–Crippen MR) is 165 cm³/mol. The zero-order valence-corrected chi connectivity index (χ0v) is 24.6. The first-order valence-electron chi connectivity index (χ1n) is 14.0. The molecule has 0 unspecified atom stereocenters. The van der Waals surface area contributed by atoms with E-state index in [2.05, 4.69) is 32.1 Å². The van der Waals surface area contributed by atoms with Crippen LogP contribution in [-0.4, -0.2) is 47.0 Å². The lowest BCUT2D eigenvalue weighted by Crippen LogP contribution is -2.63. The molecule has 9 heteroatoms. The van der Waals surface area contributed by atoms with Crippen LogP contribution >= 0.6 is 15.9 Å². The zero-order valence-electron chi connectivity index (χ0n) is 23.0. The zero-order chi connectivity index (χ0) is 29.5. The second-order valence-electron chi connectivity index (χ2n) is 11.6. The lowest BCUT2D eigenvalue weighted by atomic mass is 9.61. The van der Waals surface area contributed by atoms with Crippen LogP contribution in [0.25, 0.3) is 39.1 Å². The number of hydrogen-bond acceptors (Lipinski definition) is 6. The number of amides is 2. The minimum Gasteiger partial charge on any atom is -0.390 e. The van der Waals surface area contributed by atoms with E-state index in [9.17, 15) is 14.7 Å². The van der Waals surface area contributed by atoms with Gasteiger partial charge in [0.25, 0.3) is 11.8 Å². The van der Waals surface area contributed by atoms with Crippen molar-refractivity contribution in [2.24, 2.45) is 0 Å². The minimum atomic E-state index is -0.994. The van der Waals surface area contributed by atoms with E-state index in [1.807, 2.05) is 54.6 Å². The molecule has 1 aliphatic carbocycles. The van der Waals surface area contributed by atoms with Gasteiger partial charge in [-0.15, -0.1) is 0 Å². The van der Waals surface area contributed by atoms with E-state index >= 15 is 0 Å². The molecule has 1 N–H and O–H groups in total. The molecular weight excluding hydrogens is 606 g/mol. The van der Waals surface area contributed by atoms with Crippen molar-refractivity contribution in [2.75, 3.05) is 0 Å². The number of imide groups is 1. The summed E-state index contributed by atoms with van der Waals surface area (Å²) in [5.41, 5.74) is 4.57. The van der Waals surface area contributed by atoms with Crippen LogP contribution < -0.4 is 0 Å². The van der Waals surface area contributed by atoms with Crippen LogP contribution in [0.2, 0.25) is 0 Å². The first-order valence-corrected chi connectivity index (χ1v) is 14.7. The summed E-state index contributed by atoms with van der Waals surface area (Å²) in [6, 6.07) is 26.9. The highest BCUT2D eigenvalue weighted by Crippen LogP contribution is 2.54. The van der Waals surface area contributed by atoms with Gasteiger partial charge in [0, 0.05) is 35.6 Å². The number of carbonyl (C=O) groups excluding carboxylic acids is 2. The molecule has 0 radical (unpaired) electrons. The second kappa shape index (κ2) is 9.13. The summed E-state index contributed by atoms with van der Waals surface area (Å²) in [6.45, 7) is 1.74. The SMILES string of the molecule is C[C@]1(O)C[C@](c2ccc(-c3nc4c(cnc5c(Br)cnn54)cc3-c3ccccc3)cc2)(N2C(=O)c3ccccc3C2=O)C1. The van der Waals surface area contributed by atoms with E-state index in [-0.39, 0.29) is 24.7 Å². The molecule has 1 aliphatic heterocycles. The van der Waals surface area contributed by atoms with Crippen molar-refractivity contribution in [1.82, 2.24) is 24.5 Å². The number of benzene rings is 3. The molecule has 0 atom stereocenters.